The number of carbonyl (C=O) groups excluding carboxylic acids is 2. The summed E-state index contributed by atoms with van der Waals surface area (Å²) in [5, 5.41) is 0. The summed E-state index contributed by atoms with van der Waals surface area (Å²) in [5.74, 6) is -0.125. The third-order valence-corrected chi connectivity index (χ3v) is 6.09. The molecule has 0 unspecified atom stereocenters. The first-order chi connectivity index (χ1) is 16.1. The Kier molecular flexibility index (Phi) is 7.36. The van der Waals surface area contributed by atoms with Crippen LogP contribution >= 0.6 is 0 Å². The minimum Gasteiger partial charge on any atom is -0.468 e. The number of ether oxygens (including phenoxy) is 3. The first-order valence-electron chi connectivity index (χ1n) is 11.1. The summed E-state index contributed by atoms with van der Waals surface area (Å²) in [6, 6.07) is 13.9. The molecule has 2 heterocycles. The van der Waals surface area contributed by atoms with Gasteiger partial charge in [0.15, 0.2) is 0 Å². The van der Waals surface area contributed by atoms with Crippen molar-refractivity contribution in [1.29, 1.82) is 0 Å². The van der Waals surface area contributed by atoms with Crippen molar-refractivity contribution < 1.29 is 23.8 Å². The van der Waals surface area contributed by atoms with Crippen molar-refractivity contribution in [3.05, 3.63) is 59.9 Å². The number of imidazole rings is 1. The molecule has 1 aliphatic rings. The van der Waals surface area contributed by atoms with E-state index in [2.05, 4.69) is 34.1 Å². The number of hydrogen-bond donors (Lipinski definition) is 0. The summed E-state index contributed by atoms with van der Waals surface area (Å²) in [6.07, 6.45) is 3.78. The molecule has 1 aliphatic heterocycles. The largest absolute Gasteiger partial charge is 0.468 e. The molecule has 0 bridgehead atoms. The van der Waals surface area contributed by atoms with Crippen LogP contribution in [0.4, 0.5) is 0 Å². The van der Waals surface area contributed by atoms with Crippen LogP contribution in [0.1, 0.15) is 34.7 Å². The molecule has 0 amide bonds. The number of carbonyl (C=O) groups is 2. The van der Waals surface area contributed by atoms with Crippen molar-refractivity contribution in [2.45, 2.75) is 18.8 Å². The number of hydrogen-bond acceptors (Lipinski definition) is 7. The van der Waals surface area contributed by atoms with Crippen LogP contribution in [0.25, 0.3) is 16.7 Å². The number of methoxy groups -OCH3 is 2. The summed E-state index contributed by atoms with van der Waals surface area (Å²) in [7, 11) is 2.99. The Bertz CT molecular complexity index is 1120. The van der Waals surface area contributed by atoms with Gasteiger partial charge in [0.2, 0.25) is 0 Å². The molecular formula is C25H29N3O5. The highest BCUT2D eigenvalue weighted by atomic mass is 16.6. The summed E-state index contributed by atoms with van der Waals surface area (Å²) in [4.78, 5) is 30.4. The van der Waals surface area contributed by atoms with Crippen molar-refractivity contribution in [3.8, 4) is 5.69 Å². The highest BCUT2D eigenvalue weighted by molar-refractivity contribution is 5.94. The van der Waals surface area contributed by atoms with E-state index in [1.165, 1.54) is 12.7 Å². The molecule has 33 heavy (non-hydrogen) atoms. The smallest absolute Gasteiger partial charge is 0.338 e. The van der Waals surface area contributed by atoms with E-state index in [-0.39, 0.29) is 18.5 Å². The van der Waals surface area contributed by atoms with Crippen LogP contribution in [-0.4, -0.2) is 73.5 Å². The van der Waals surface area contributed by atoms with Gasteiger partial charge in [-0.05, 0) is 67.7 Å². The van der Waals surface area contributed by atoms with Gasteiger partial charge in [0.1, 0.15) is 12.9 Å². The Morgan fingerprint density at radius 3 is 2.64 bits per heavy atom. The quantitative estimate of drug-likeness (QED) is 0.384. The fourth-order valence-electron chi connectivity index (χ4n) is 4.25. The number of fused-ring (bicyclic) bond motifs is 1. The Morgan fingerprint density at radius 1 is 1.06 bits per heavy atom. The van der Waals surface area contributed by atoms with Crippen molar-refractivity contribution >= 4 is 23.0 Å². The van der Waals surface area contributed by atoms with Crippen LogP contribution in [0.5, 0.6) is 0 Å². The summed E-state index contributed by atoms with van der Waals surface area (Å²) in [6.45, 7) is 2.69. The zero-order valence-corrected chi connectivity index (χ0v) is 19.0. The fraction of sp³-hybridized carbons (Fsp3) is 0.400. The lowest BCUT2D eigenvalue weighted by Gasteiger charge is -2.31. The molecule has 0 N–H and O–H groups in total. The zero-order valence-electron chi connectivity index (χ0n) is 19.0. The lowest BCUT2D eigenvalue weighted by Crippen LogP contribution is -2.37. The van der Waals surface area contributed by atoms with E-state index in [0.29, 0.717) is 24.6 Å². The van der Waals surface area contributed by atoms with Gasteiger partial charge in [0.05, 0.1) is 36.9 Å². The van der Waals surface area contributed by atoms with E-state index in [1.54, 1.807) is 25.6 Å². The van der Waals surface area contributed by atoms with Gasteiger partial charge in [0, 0.05) is 12.8 Å². The van der Waals surface area contributed by atoms with Crippen molar-refractivity contribution in [2.75, 3.05) is 47.1 Å². The minimum absolute atomic E-state index is 0.186. The maximum Gasteiger partial charge on any atom is 0.338 e. The number of benzene rings is 2. The van der Waals surface area contributed by atoms with Crippen LogP contribution in [0.15, 0.2) is 48.8 Å². The van der Waals surface area contributed by atoms with Gasteiger partial charge >= 0.3 is 11.9 Å². The predicted octanol–water partition coefficient (Wildman–Crippen LogP) is 3.18. The van der Waals surface area contributed by atoms with Gasteiger partial charge < -0.3 is 14.2 Å². The maximum absolute atomic E-state index is 12.2. The number of nitrogens with zero attached hydrogens (tertiary/aromatic N) is 3. The molecule has 174 valence electrons. The van der Waals surface area contributed by atoms with Crippen molar-refractivity contribution in [1.82, 2.24) is 14.5 Å². The van der Waals surface area contributed by atoms with Crippen molar-refractivity contribution in [3.63, 3.8) is 0 Å². The van der Waals surface area contributed by atoms with Crippen LogP contribution < -0.4 is 0 Å². The van der Waals surface area contributed by atoms with E-state index in [4.69, 9.17) is 14.2 Å². The zero-order chi connectivity index (χ0) is 23.2. The van der Waals surface area contributed by atoms with E-state index in [0.717, 1.165) is 42.7 Å². The summed E-state index contributed by atoms with van der Waals surface area (Å²) in [5.41, 5.74) is 4.44. The van der Waals surface area contributed by atoms with Crippen LogP contribution in [0.2, 0.25) is 0 Å². The van der Waals surface area contributed by atoms with Crippen LogP contribution in [0, 0.1) is 0 Å². The Morgan fingerprint density at radius 2 is 1.88 bits per heavy atom. The minimum atomic E-state index is -0.385. The van der Waals surface area contributed by atoms with Gasteiger partial charge in [0.25, 0.3) is 0 Å². The Labute approximate surface area is 193 Å². The topological polar surface area (TPSA) is 82.9 Å². The SMILES string of the molecule is COCCOC(=O)c1ccc2c(c1)ncn2-c1cccc(C2CCN(CC(=O)OC)CC2)c1. The molecule has 0 radical (unpaired) electrons. The Hall–Kier alpha value is -3.23. The second kappa shape index (κ2) is 10.6. The lowest BCUT2D eigenvalue weighted by atomic mass is 9.89. The van der Waals surface area contributed by atoms with Gasteiger partial charge in [-0.15, -0.1) is 0 Å². The van der Waals surface area contributed by atoms with Crippen LogP contribution in [0.3, 0.4) is 0 Å². The molecule has 2 aromatic carbocycles. The number of aromatic nitrogens is 2. The average Bonchev–Trinajstić information content (AvgIpc) is 3.28. The predicted molar refractivity (Wildman–Crippen MR) is 124 cm³/mol. The van der Waals surface area contributed by atoms with Gasteiger partial charge in [-0.1, -0.05) is 12.1 Å². The first-order valence-corrected chi connectivity index (χ1v) is 11.1. The molecule has 8 nitrogen and oxygen atoms in total. The van der Waals surface area contributed by atoms with Gasteiger partial charge in [-0.25, -0.2) is 9.78 Å². The van der Waals surface area contributed by atoms with Gasteiger partial charge in [-0.3, -0.25) is 14.3 Å². The molecule has 0 aliphatic carbocycles. The molecule has 0 spiro atoms. The molecule has 3 aromatic rings. The van der Waals surface area contributed by atoms with E-state index in [9.17, 15) is 9.59 Å². The first kappa shape index (κ1) is 22.9. The molecule has 1 aromatic heterocycles. The molecular weight excluding hydrogens is 422 g/mol. The Balaban J connectivity index is 1.48. The average molecular weight is 452 g/mol. The molecule has 0 atom stereocenters. The third-order valence-electron chi connectivity index (χ3n) is 6.09. The normalized spacial score (nSPS) is 15.0. The number of piperidine rings is 1. The molecule has 1 fully saturated rings. The molecule has 1 saturated heterocycles. The fourth-order valence-corrected chi connectivity index (χ4v) is 4.25. The lowest BCUT2D eigenvalue weighted by molar-refractivity contribution is -0.142. The van der Waals surface area contributed by atoms with E-state index < -0.39 is 0 Å². The summed E-state index contributed by atoms with van der Waals surface area (Å²) >= 11 is 0. The standard InChI is InChI=1S/C25H29N3O5/c1-31-12-13-33-25(30)20-6-7-23-22(15-20)26-17-28(23)21-5-3-4-19(14-21)18-8-10-27(11-9-18)16-24(29)32-2/h3-7,14-15,17-18H,8-13,16H2,1-2H3. The highest BCUT2D eigenvalue weighted by Crippen LogP contribution is 2.30. The highest BCUT2D eigenvalue weighted by Gasteiger charge is 2.22. The molecule has 8 heteroatoms. The van der Waals surface area contributed by atoms with E-state index in [1.807, 2.05) is 10.6 Å². The van der Waals surface area contributed by atoms with Crippen LogP contribution in [-0.2, 0) is 19.0 Å². The van der Waals surface area contributed by atoms with Gasteiger partial charge in [-0.2, -0.15) is 0 Å². The second-order valence-electron chi connectivity index (χ2n) is 8.17. The molecule has 4 rings (SSSR count). The maximum atomic E-state index is 12.2. The monoisotopic (exact) mass is 451 g/mol. The van der Waals surface area contributed by atoms with E-state index >= 15 is 0 Å². The third kappa shape index (κ3) is 5.40. The van der Waals surface area contributed by atoms with Crippen molar-refractivity contribution in [2.24, 2.45) is 0 Å². The molecule has 0 saturated carbocycles. The number of esters is 2. The number of likely N-dealkylation sites (tertiary alicyclic amines) is 1. The second-order valence-corrected chi connectivity index (χ2v) is 8.17. The summed E-state index contributed by atoms with van der Waals surface area (Å²) < 4.78 is 16.9. The number of rotatable bonds is 8.